The lowest BCUT2D eigenvalue weighted by atomic mass is 9.81. The molecule has 2 rings (SSSR count). The summed E-state index contributed by atoms with van der Waals surface area (Å²) < 4.78 is 10.4. The van der Waals surface area contributed by atoms with Gasteiger partial charge >= 0.3 is 11.9 Å². The molecule has 1 N–H and O–H groups in total. The maximum absolute atomic E-state index is 13.0. The van der Waals surface area contributed by atoms with Gasteiger partial charge in [-0.05, 0) is 52.6 Å². The highest BCUT2D eigenvalue weighted by Gasteiger charge is 2.42. The molecule has 0 spiro atoms. The molecule has 1 aromatic rings. The second-order valence-corrected chi connectivity index (χ2v) is 6.97. The number of esters is 2. The zero-order chi connectivity index (χ0) is 19.2. The summed E-state index contributed by atoms with van der Waals surface area (Å²) in [5, 5.41) is 3.23. The van der Waals surface area contributed by atoms with Crippen molar-refractivity contribution in [2.24, 2.45) is 11.8 Å². The summed E-state index contributed by atoms with van der Waals surface area (Å²) in [6, 6.07) is 8.72. The van der Waals surface area contributed by atoms with Crippen molar-refractivity contribution in [2.45, 2.75) is 39.2 Å². The van der Waals surface area contributed by atoms with Crippen molar-refractivity contribution in [3.05, 3.63) is 35.9 Å². The molecule has 0 radical (unpaired) electrons. The molecule has 0 aromatic heterocycles. The summed E-state index contributed by atoms with van der Waals surface area (Å²) in [5.41, 5.74) is -0.973. The van der Waals surface area contributed by atoms with Crippen LogP contribution in [0.1, 0.15) is 44.0 Å². The van der Waals surface area contributed by atoms with E-state index in [1.807, 2.05) is 6.07 Å². The summed E-state index contributed by atoms with van der Waals surface area (Å²) in [5.74, 6) is -2.68. The minimum Gasteiger partial charge on any atom is -0.463 e. The van der Waals surface area contributed by atoms with Crippen molar-refractivity contribution < 1.29 is 23.9 Å². The number of nitrogens with one attached hydrogen (secondary N) is 1. The number of ketones is 1. The fourth-order valence-electron chi connectivity index (χ4n) is 3.12. The van der Waals surface area contributed by atoms with E-state index in [0.717, 1.165) is 19.4 Å². The van der Waals surface area contributed by atoms with Crippen LogP contribution >= 0.6 is 0 Å². The summed E-state index contributed by atoms with van der Waals surface area (Å²) in [4.78, 5) is 38.0. The fraction of sp³-hybridized carbons (Fsp3) is 0.550. The Morgan fingerprint density at radius 3 is 2.50 bits per heavy atom. The summed E-state index contributed by atoms with van der Waals surface area (Å²) >= 11 is 0. The first kappa shape index (κ1) is 20.1. The van der Waals surface area contributed by atoms with Gasteiger partial charge in [0.2, 0.25) is 5.60 Å². The second kappa shape index (κ2) is 8.94. The number of carbonyl (C=O) groups is 3. The smallest absolute Gasteiger partial charge is 0.349 e. The van der Waals surface area contributed by atoms with E-state index in [4.69, 9.17) is 9.47 Å². The molecule has 26 heavy (non-hydrogen) atoms. The van der Waals surface area contributed by atoms with Crippen LogP contribution in [0.5, 0.6) is 0 Å². The van der Waals surface area contributed by atoms with Gasteiger partial charge in [0.15, 0.2) is 5.78 Å². The van der Waals surface area contributed by atoms with Gasteiger partial charge in [0.1, 0.15) is 5.92 Å². The van der Waals surface area contributed by atoms with Crippen LogP contribution in [0.3, 0.4) is 0 Å². The predicted octanol–water partition coefficient (Wildman–Crippen LogP) is 2.37. The minimum atomic E-state index is -1.44. The van der Waals surface area contributed by atoms with Crippen LogP contribution in [0, 0.1) is 11.8 Å². The highest BCUT2D eigenvalue weighted by Crippen LogP contribution is 2.27. The molecule has 2 atom stereocenters. The van der Waals surface area contributed by atoms with Crippen molar-refractivity contribution in [3.8, 4) is 0 Å². The van der Waals surface area contributed by atoms with Crippen LogP contribution in [0.25, 0.3) is 0 Å². The van der Waals surface area contributed by atoms with Gasteiger partial charge in [-0.15, -0.1) is 0 Å². The summed E-state index contributed by atoms with van der Waals surface area (Å²) in [6.45, 7) is 6.27. The molecule has 0 bridgehead atoms. The van der Waals surface area contributed by atoms with Gasteiger partial charge in [0, 0.05) is 5.56 Å². The average molecular weight is 361 g/mol. The monoisotopic (exact) mass is 361 g/mol. The molecule has 0 unspecified atom stereocenters. The molecular weight excluding hydrogens is 334 g/mol. The zero-order valence-corrected chi connectivity index (χ0v) is 15.6. The molecule has 142 valence electrons. The third kappa shape index (κ3) is 4.91. The molecule has 1 aliphatic rings. The molecule has 1 aliphatic heterocycles. The first-order valence-electron chi connectivity index (χ1n) is 9.07. The number of benzene rings is 1. The zero-order valence-electron chi connectivity index (χ0n) is 15.6. The Kier molecular flexibility index (Phi) is 6.91. The minimum absolute atomic E-state index is 0.165. The lowest BCUT2D eigenvalue weighted by Crippen LogP contribution is -2.46. The van der Waals surface area contributed by atoms with Crippen LogP contribution in [0.4, 0.5) is 0 Å². The van der Waals surface area contributed by atoms with E-state index in [9.17, 15) is 14.4 Å². The van der Waals surface area contributed by atoms with Crippen LogP contribution in [-0.2, 0) is 19.1 Å². The van der Waals surface area contributed by atoms with Crippen LogP contribution in [0.2, 0.25) is 0 Å². The van der Waals surface area contributed by atoms with Crippen LogP contribution < -0.4 is 5.32 Å². The molecule has 0 amide bonds. The number of rotatable bonds is 7. The largest absolute Gasteiger partial charge is 0.463 e. The van der Waals surface area contributed by atoms with Crippen molar-refractivity contribution in [1.82, 2.24) is 5.32 Å². The number of carbonyl (C=O) groups excluding carboxylic acids is 3. The van der Waals surface area contributed by atoms with Crippen molar-refractivity contribution in [1.29, 1.82) is 0 Å². The Balaban J connectivity index is 2.24. The maximum Gasteiger partial charge on any atom is 0.349 e. The third-order valence-corrected chi connectivity index (χ3v) is 4.52. The van der Waals surface area contributed by atoms with E-state index in [2.05, 4.69) is 5.32 Å². The molecule has 1 aromatic carbocycles. The Morgan fingerprint density at radius 2 is 1.92 bits per heavy atom. The third-order valence-electron chi connectivity index (χ3n) is 4.52. The molecule has 6 heteroatoms. The number of Topliss-reactive ketones (excluding diaryl/α,β-unsaturated/α-hetero) is 1. The van der Waals surface area contributed by atoms with E-state index < -0.39 is 23.5 Å². The first-order valence-corrected chi connectivity index (χ1v) is 9.07. The van der Waals surface area contributed by atoms with Gasteiger partial charge in [0.05, 0.1) is 6.61 Å². The van der Waals surface area contributed by atoms with Gasteiger partial charge in [-0.3, -0.25) is 9.59 Å². The molecular formula is C20H27NO5. The number of ether oxygens (including phenoxy) is 2. The van der Waals surface area contributed by atoms with Crippen molar-refractivity contribution in [2.75, 3.05) is 19.7 Å². The Labute approximate surface area is 154 Å². The van der Waals surface area contributed by atoms with Gasteiger partial charge in [0.25, 0.3) is 0 Å². The van der Waals surface area contributed by atoms with Gasteiger partial charge in [-0.2, -0.15) is 0 Å². The maximum atomic E-state index is 13.0. The number of hydrogen-bond acceptors (Lipinski definition) is 6. The lowest BCUT2D eigenvalue weighted by Gasteiger charge is -2.31. The average Bonchev–Trinajstić information content (AvgIpc) is 2.63. The molecule has 6 nitrogen and oxygen atoms in total. The summed E-state index contributed by atoms with van der Waals surface area (Å²) in [7, 11) is 0. The van der Waals surface area contributed by atoms with E-state index in [1.54, 1.807) is 31.2 Å². The highest BCUT2D eigenvalue weighted by atomic mass is 16.6. The predicted molar refractivity (Wildman–Crippen MR) is 96.7 cm³/mol. The van der Waals surface area contributed by atoms with E-state index in [0.29, 0.717) is 12.1 Å². The van der Waals surface area contributed by atoms with Gasteiger partial charge in [-0.25, -0.2) is 4.79 Å². The quantitative estimate of drug-likeness (QED) is 0.456. The summed E-state index contributed by atoms with van der Waals surface area (Å²) in [6.07, 6.45) is 1.64. The number of hydrogen-bond donors (Lipinski definition) is 1. The normalized spacial score (nSPS) is 18.7. The van der Waals surface area contributed by atoms with Crippen molar-refractivity contribution >= 4 is 17.7 Å². The van der Waals surface area contributed by atoms with Crippen molar-refractivity contribution in [3.63, 3.8) is 0 Å². The standard InChI is InChI=1S/C20H27NO5/c1-4-25-19(24)20(2,3)26-18(23)16(15-11-8-12-21-13-15)17(22)14-9-6-5-7-10-14/h5-7,9-10,15-16,21H,4,8,11-13H2,1-3H3/t15-,16+/m0/s1. The lowest BCUT2D eigenvalue weighted by molar-refractivity contribution is -0.181. The van der Waals surface area contributed by atoms with E-state index in [-0.39, 0.29) is 18.3 Å². The molecule has 1 heterocycles. The fourth-order valence-corrected chi connectivity index (χ4v) is 3.12. The Bertz CT molecular complexity index is 635. The second-order valence-electron chi connectivity index (χ2n) is 6.97. The van der Waals surface area contributed by atoms with E-state index >= 15 is 0 Å². The number of piperidine rings is 1. The molecule has 1 fully saturated rings. The first-order chi connectivity index (χ1) is 12.4. The molecule has 1 saturated heterocycles. The molecule has 0 saturated carbocycles. The Hall–Kier alpha value is -2.21. The van der Waals surface area contributed by atoms with Gasteiger partial charge in [-0.1, -0.05) is 30.3 Å². The van der Waals surface area contributed by atoms with Gasteiger partial charge < -0.3 is 14.8 Å². The molecule has 0 aliphatic carbocycles. The van der Waals surface area contributed by atoms with Crippen LogP contribution in [-0.4, -0.2) is 43.0 Å². The Morgan fingerprint density at radius 1 is 1.23 bits per heavy atom. The SMILES string of the molecule is CCOC(=O)C(C)(C)OC(=O)[C@@H](C(=O)c1ccccc1)[C@H]1CCCNC1. The van der Waals surface area contributed by atoms with Crippen LogP contribution in [0.15, 0.2) is 30.3 Å². The highest BCUT2D eigenvalue weighted by molar-refractivity contribution is 6.09. The van der Waals surface area contributed by atoms with E-state index in [1.165, 1.54) is 13.8 Å². The topological polar surface area (TPSA) is 81.7 Å².